The molecular weight excluding hydrogens is 306 g/mol. The smallest absolute Gasteiger partial charge is 0.0499 e. The Labute approximate surface area is 151 Å². The van der Waals surface area contributed by atoms with Crippen LogP contribution in [0.1, 0.15) is 23.6 Å². The van der Waals surface area contributed by atoms with Crippen LogP contribution in [-0.4, -0.2) is 42.3 Å². The summed E-state index contributed by atoms with van der Waals surface area (Å²) in [5.74, 6) is 0. The number of benzene rings is 2. The predicted molar refractivity (Wildman–Crippen MR) is 107 cm³/mol. The Morgan fingerprint density at radius 3 is 2.32 bits per heavy atom. The Kier molecular flexibility index (Phi) is 6.02. The molecule has 0 saturated carbocycles. The van der Waals surface area contributed by atoms with Crippen molar-refractivity contribution in [3.05, 3.63) is 76.9 Å². The summed E-state index contributed by atoms with van der Waals surface area (Å²) < 4.78 is 0. The maximum atomic E-state index is 4.65. The Morgan fingerprint density at radius 1 is 0.960 bits per heavy atom. The molecule has 1 heterocycles. The van der Waals surface area contributed by atoms with Crippen LogP contribution in [0, 0.1) is 6.92 Å². The molecule has 3 rings (SSSR count). The fraction of sp³-hybridized carbons (Fsp3) is 0.318. The molecule has 0 atom stereocenters. The minimum Gasteiger partial charge on any atom is -0.295 e. The standard InChI is InChI=1S/C22H27N3/c1-19-8-10-22(11-9-19)18-24-12-14-25(15-13-24)23-17-20(2)16-21-6-4-3-5-7-21/h3-11,16-17H,12-15,18H2,1-2H3/b20-16-,23-17?. The largest absolute Gasteiger partial charge is 0.295 e. The number of aryl methyl sites for hydroxylation is 1. The second-order valence-corrected chi connectivity index (χ2v) is 6.76. The molecule has 3 heteroatoms. The van der Waals surface area contributed by atoms with Crippen molar-refractivity contribution in [2.45, 2.75) is 20.4 Å². The second-order valence-electron chi connectivity index (χ2n) is 6.76. The zero-order chi connectivity index (χ0) is 17.5. The fourth-order valence-corrected chi connectivity index (χ4v) is 2.98. The zero-order valence-electron chi connectivity index (χ0n) is 15.2. The van der Waals surface area contributed by atoms with Crippen LogP contribution in [0.15, 0.2) is 65.3 Å². The van der Waals surface area contributed by atoms with Crippen LogP contribution in [0.3, 0.4) is 0 Å². The molecule has 1 aliphatic heterocycles. The van der Waals surface area contributed by atoms with Gasteiger partial charge in [0.05, 0.1) is 0 Å². The molecule has 1 fully saturated rings. The van der Waals surface area contributed by atoms with Gasteiger partial charge in [0.25, 0.3) is 0 Å². The van der Waals surface area contributed by atoms with Gasteiger partial charge < -0.3 is 0 Å². The van der Waals surface area contributed by atoms with Crippen LogP contribution in [0.2, 0.25) is 0 Å². The molecule has 0 spiro atoms. The molecule has 130 valence electrons. The quantitative estimate of drug-likeness (QED) is 0.764. The van der Waals surface area contributed by atoms with E-state index in [1.54, 1.807) is 0 Å². The first-order valence-electron chi connectivity index (χ1n) is 8.99. The molecule has 0 N–H and O–H groups in total. The van der Waals surface area contributed by atoms with Crippen molar-refractivity contribution < 1.29 is 0 Å². The lowest BCUT2D eigenvalue weighted by Crippen LogP contribution is -2.43. The van der Waals surface area contributed by atoms with Crippen LogP contribution in [0.4, 0.5) is 0 Å². The summed E-state index contributed by atoms with van der Waals surface area (Å²) in [5.41, 5.74) is 5.11. The van der Waals surface area contributed by atoms with E-state index in [-0.39, 0.29) is 0 Å². The van der Waals surface area contributed by atoms with E-state index in [1.807, 2.05) is 12.3 Å². The molecule has 3 nitrogen and oxygen atoms in total. The van der Waals surface area contributed by atoms with Gasteiger partial charge in [-0.05, 0) is 30.5 Å². The topological polar surface area (TPSA) is 18.8 Å². The number of hydrogen-bond acceptors (Lipinski definition) is 3. The van der Waals surface area contributed by atoms with E-state index in [0.717, 1.165) is 32.7 Å². The van der Waals surface area contributed by atoms with Crippen molar-refractivity contribution >= 4 is 12.3 Å². The van der Waals surface area contributed by atoms with Gasteiger partial charge in [-0.1, -0.05) is 66.2 Å². The molecule has 0 aromatic heterocycles. The monoisotopic (exact) mass is 333 g/mol. The first-order chi connectivity index (χ1) is 12.2. The first-order valence-corrected chi connectivity index (χ1v) is 8.99. The predicted octanol–water partition coefficient (Wildman–Crippen LogP) is 4.20. The molecule has 2 aromatic rings. The van der Waals surface area contributed by atoms with E-state index in [9.17, 15) is 0 Å². The third-order valence-corrected chi connectivity index (χ3v) is 4.49. The second kappa shape index (κ2) is 8.63. The molecule has 0 radical (unpaired) electrons. The third-order valence-electron chi connectivity index (χ3n) is 4.49. The van der Waals surface area contributed by atoms with Crippen molar-refractivity contribution in [1.29, 1.82) is 0 Å². The van der Waals surface area contributed by atoms with Gasteiger partial charge in [-0.2, -0.15) is 5.10 Å². The number of nitrogens with zero attached hydrogens (tertiary/aromatic N) is 3. The summed E-state index contributed by atoms with van der Waals surface area (Å²) in [6.45, 7) is 9.37. The summed E-state index contributed by atoms with van der Waals surface area (Å²) in [7, 11) is 0. The number of rotatable bonds is 5. The van der Waals surface area contributed by atoms with Crippen LogP contribution in [0.25, 0.3) is 6.08 Å². The van der Waals surface area contributed by atoms with Gasteiger partial charge in [0, 0.05) is 38.9 Å². The number of piperazine rings is 1. The highest BCUT2D eigenvalue weighted by Crippen LogP contribution is 2.10. The Morgan fingerprint density at radius 2 is 1.64 bits per heavy atom. The zero-order valence-corrected chi connectivity index (χ0v) is 15.2. The molecule has 0 amide bonds. The number of hydrogen-bond donors (Lipinski definition) is 0. The lowest BCUT2D eigenvalue weighted by Gasteiger charge is -2.33. The van der Waals surface area contributed by atoms with E-state index in [0.29, 0.717) is 0 Å². The first kappa shape index (κ1) is 17.4. The molecular formula is C22H27N3. The lowest BCUT2D eigenvalue weighted by molar-refractivity contribution is 0.131. The van der Waals surface area contributed by atoms with Gasteiger partial charge in [0.1, 0.15) is 0 Å². The van der Waals surface area contributed by atoms with Crippen molar-refractivity contribution in [1.82, 2.24) is 9.91 Å². The minimum atomic E-state index is 0.987. The summed E-state index contributed by atoms with van der Waals surface area (Å²) in [6, 6.07) is 19.2. The minimum absolute atomic E-state index is 0.987. The lowest BCUT2D eigenvalue weighted by atomic mass is 10.1. The highest BCUT2D eigenvalue weighted by Gasteiger charge is 2.15. The van der Waals surface area contributed by atoms with Crippen molar-refractivity contribution in [3.63, 3.8) is 0 Å². The maximum absolute atomic E-state index is 4.65. The number of allylic oxidation sites excluding steroid dienone is 1. The molecule has 1 aliphatic rings. The molecule has 2 aromatic carbocycles. The van der Waals surface area contributed by atoms with E-state index in [1.165, 1.54) is 22.3 Å². The number of hydrazone groups is 1. The van der Waals surface area contributed by atoms with Crippen molar-refractivity contribution in [2.24, 2.45) is 5.10 Å². The summed E-state index contributed by atoms with van der Waals surface area (Å²) in [5, 5.41) is 6.82. The van der Waals surface area contributed by atoms with E-state index in [2.05, 4.69) is 83.5 Å². The van der Waals surface area contributed by atoms with Crippen LogP contribution >= 0.6 is 0 Å². The molecule has 25 heavy (non-hydrogen) atoms. The third kappa shape index (κ3) is 5.57. The fourth-order valence-electron chi connectivity index (χ4n) is 2.98. The van der Waals surface area contributed by atoms with E-state index in [4.69, 9.17) is 0 Å². The van der Waals surface area contributed by atoms with Gasteiger partial charge in [0.15, 0.2) is 0 Å². The Balaban J connectivity index is 1.47. The molecule has 0 unspecified atom stereocenters. The van der Waals surface area contributed by atoms with Gasteiger partial charge in [-0.3, -0.25) is 9.91 Å². The summed E-state index contributed by atoms with van der Waals surface area (Å²) in [6.07, 6.45) is 4.14. The molecule has 0 aliphatic carbocycles. The van der Waals surface area contributed by atoms with Gasteiger partial charge in [-0.25, -0.2) is 0 Å². The van der Waals surface area contributed by atoms with Crippen molar-refractivity contribution in [2.75, 3.05) is 26.2 Å². The van der Waals surface area contributed by atoms with Gasteiger partial charge in [-0.15, -0.1) is 0 Å². The van der Waals surface area contributed by atoms with Crippen LogP contribution < -0.4 is 0 Å². The molecule has 1 saturated heterocycles. The normalized spacial score (nSPS) is 16.6. The Bertz CT molecular complexity index is 709. The van der Waals surface area contributed by atoms with Crippen LogP contribution in [0.5, 0.6) is 0 Å². The summed E-state index contributed by atoms with van der Waals surface area (Å²) in [4.78, 5) is 2.50. The Hall–Kier alpha value is -2.39. The average Bonchev–Trinajstić information content (AvgIpc) is 2.64. The van der Waals surface area contributed by atoms with Gasteiger partial charge >= 0.3 is 0 Å². The van der Waals surface area contributed by atoms with Crippen molar-refractivity contribution in [3.8, 4) is 0 Å². The average molecular weight is 333 g/mol. The SMILES string of the molecule is C/C(C=NN1CCN(Cc2ccc(C)cc2)CC1)=C/c1ccccc1. The van der Waals surface area contributed by atoms with Gasteiger partial charge in [0.2, 0.25) is 0 Å². The summed E-state index contributed by atoms with van der Waals surface area (Å²) >= 11 is 0. The molecule has 0 bridgehead atoms. The highest BCUT2D eigenvalue weighted by atomic mass is 15.5. The maximum Gasteiger partial charge on any atom is 0.0499 e. The van der Waals surface area contributed by atoms with E-state index < -0.39 is 0 Å². The highest BCUT2D eigenvalue weighted by molar-refractivity contribution is 5.84. The van der Waals surface area contributed by atoms with E-state index >= 15 is 0 Å². The van der Waals surface area contributed by atoms with Crippen LogP contribution in [-0.2, 0) is 6.54 Å².